The quantitative estimate of drug-likeness (QED) is 0.548. The second-order valence-electron chi connectivity index (χ2n) is 8.07. The van der Waals surface area contributed by atoms with Crippen molar-refractivity contribution in [2.75, 3.05) is 13.2 Å². The van der Waals surface area contributed by atoms with E-state index in [4.69, 9.17) is 4.74 Å². The minimum absolute atomic E-state index is 0.103. The summed E-state index contributed by atoms with van der Waals surface area (Å²) in [6.07, 6.45) is 1.81. The number of ether oxygens (including phenoxy) is 1. The summed E-state index contributed by atoms with van der Waals surface area (Å²) in [5, 5.41) is 0. The minimum Gasteiger partial charge on any atom is -0.448 e. The molecule has 0 saturated carbocycles. The van der Waals surface area contributed by atoms with Crippen LogP contribution < -0.4 is 0 Å². The molecule has 0 bridgehead atoms. The standard InChI is InChI=1S/C26H25NO2/c1-18-8-6-9-19(16-18)25-14-7-15-27(25)26(28)29-17-24-22-12-4-2-10-20(22)21-11-3-5-13-23(21)24/h2-6,8-13,16,24-25H,7,14-15,17H2,1H3/t25-/m1/s1. The lowest BCUT2D eigenvalue weighted by atomic mass is 9.98. The van der Waals surface area contributed by atoms with E-state index in [9.17, 15) is 4.79 Å². The molecule has 3 aromatic rings. The molecule has 0 radical (unpaired) electrons. The first-order chi connectivity index (χ1) is 14.2. The number of carbonyl (C=O) groups excluding carboxylic acids is 1. The molecule has 1 fully saturated rings. The maximum Gasteiger partial charge on any atom is 0.410 e. The summed E-state index contributed by atoms with van der Waals surface area (Å²) in [6.45, 7) is 3.23. The van der Waals surface area contributed by atoms with Crippen LogP contribution in [0.2, 0.25) is 0 Å². The van der Waals surface area contributed by atoms with Gasteiger partial charge in [-0.1, -0.05) is 78.4 Å². The highest BCUT2D eigenvalue weighted by Crippen LogP contribution is 2.44. The second kappa shape index (κ2) is 7.40. The molecular formula is C26H25NO2. The summed E-state index contributed by atoms with van der Waals surface area (Å²) in [5.74, 6) is 0.103. The lowest BCUT2D eigenvalue weighted by molar-refractivity contribution is 0.0956. The number of aryl methyl sites for hydroxylation is 1. The molecule has 0 unspecified atom stereocenters. The van der Waals surface area contributed by atoms with Gasteiger partial charge in [-0.3, -0.25) is 0 Å². The molecule has 1 saturated heterocycles. The Kier molecular flexibility index (Phi) is 4.59. The second-order valence-corrected chi connectivity index (χ2v) is 8.07. The maximum atomic E-state index is 13.0. The van der Waals surface area contributed by atoms with Crippen LogP contribution in [0.3, 0.4) is 0 Å². The first-order valence-electron chi connectivity index (χ1n) is 10.4. The predicted molar refractivity (Wildman–Crippen MR) is 115 cm³/mol. The molecule has 3 aromatic carbocycles. The maximum absolute atomic E-state index is 13.0. The van der Waals surface area contributed by atoms with E-state index >= 15 is 0 Å². The zero-order chi connectivity index (χ0) is 19.8. The molecule has 3 heteroatoms. The van der Waals surface area contributed by atoms with Crippen molar-refractivity contribution in [3.63, 3.8) is 0 Å². The molecular weight excluding hydrogens is 358 g/mol. The average Bonchev–Trinajstić information content (AvgIpc) is 3.36. The molecule has 1 atom stereocenters. The van der Waals surface area contributed by atoms with E-state index < -0.39 is 0 Å². The van der Waals surface area contributed by atoms with Crippen molar-refractivity contribution >= 4 is 6.09 Å². The number of rotatable bonds is 3. The van der Waals surface area contributed by atoms with Crippen LogP contribution in [0.1, 0.15) is 47.1 Å². The molecule has 3 nitrogen and oxygen atoms in total. The molecule has 0 N–H and O–H groups in total. The first-order valence-corrected chi connectivity index (χ1v) is 10.4. The predicted octanol–water partition coefficient (Wildman–Crippen LogP) is 6.08. The van der Waals surface area contributed by atoms with Crippen molar-refractivity contribution < 1.29 is 9.53 Å². The van der Waals surface area contributed by atoms with Crippen LogP contribution >= 0.6 is 0 Å². The van der Waals surface area contributed by atoms with Gasteiger partial charge in [0.1, 0.15) is 6.61 Å². The molecule has 29 heavy (non-hydrogen) atoms. The van der Waals surface area contributed by atoms with Gasteiger partial charge >= 0.3 is 6.09 Å². The summed E-state index contributed by atoms with van der Waals surface area (Å²) in [4.78, 5) is 14.9. The fraction of sp³-hybridized carbons (Fsp3) is 0.269. The lowest BCUT2D eigenvalue weighted by Crippen LogP contribution is -2.32. The summed E-state index contributed by atoms with van der Waals surface area (Å²) in [5.41, 5.74) is 7.43. The van der Waals surface area contributed by atoms with Gasteiger partial charge in [-0.05, 0) is 47.6 Å². The third kappa shape index (κ3) is 3.21. The highest BCUT2D eigenvalue weighted by Gasteiger charge is 2.33. The summed E-state index contributed by atoms with van der Waals surface area (Å²) >= 11 is 0. The Labute approximate surface area is 171 Å². The molecule has 1 aliphatic heterocycles. The topological polar surface area (TPSA) is 29.5 Å². The smallest absolute Gasteiger partial charge is 0.410 e. The van der Waals surface area contributed by atoms with Gasteiger partial charge in [0.25, 0.3) is 0 Å². The van der Waals surface area contributed by atoms with Crippen molar-refractivity contribution in [1.82, 2.24) is 4.90 Å². The Morgan fingerprint density at radius 3 is 2.34 bits per heavy atom. The molecule has 2 aliphatic rings. The lowest BCUT2D eigenvalue weighted by Gasteiger charge is -2.25. The molecule has 1 heterocycles. The highest BCUT2D eigenvalue weighted by atomic mass is 16.6. The van der Waals surface area contributed by atoms with Crippen LogP contribution in [0.5, 0.6) is 0 Å². The summed E-state index contributed by atoms with van der Waals surface area (Å²) < 4.78 is 5.89. The Bertz CT molecular complexity index is 1010. The van der Waals surface area contributed by atoms with Gasteiger partial charge in [0, 0.05) is 12.5 Å². The first kappa shape index (κ1) is 18.0. The summed E-state index contributed by atoms with van der Waals surface area (Å²) in [6, 6.07) is 25.5. The van der Waals surface area contributed by atoms with Gasteiger partial charge in [-0.25, -0.2) is 4.79 Å². The van der Waals surface area contributed by atoms with Crippen molar-refractivity contribution in [2.45, 2.75) is 31.7 Å². The summed E-state index contributed by atoms with van der Waals surface area (Å²) in [7, 11) is 0. The normalized spacial score (nSPS) is 17.8. The van der Waals surface area contributed by atoms with E-state index in [-0.39, 0.29) is 18.1 Å². The van der Waals surface area contributed by atoms with Gasteiger partial charge in [0.2, 0.25) is 0 Å². The average molecular weight is 383 g/mol. The number of hydrogen-bond acceptors (Lipinski definition) is 2. The number of carbonyl (C=O) groups is 1. The number of fused-ring (bicyclic) bond motifs is 3. The van der Waals surface area contributed by atoms with Crippen molar-refractivity contribution in [3.05, 3.63) is 95.1 Å². The van der Waals surface area contributed by atoms with E-state index in [2.05, 4.69) is 79.7 Å². The van der Waals surface area contributed by atoms with Crippen molar-refractivity contribution in [1.29, 1.82) is 0 Å². The van der Waals surface area contributed by atoms with Crippen LogP contribution in [-0.4, -0.2) is 24.1 Å². The van der Waals surface area contributed by atoms with Gasteiger partial charge in [-0.2, -0.15) is 0 Å². The van der Waals surface area contributed by atoms with Crippen molar-refractivity contribution in [3.8, 4) is 11.1 Å². The van der Waals surface area contributed by atoms with E-state index in [1.165, 1.54) is 33.4 Å². The van der Waals surface area contributed by atoms with Crippen LogP contribution in [0, 0.1) is 6.92 Å². The largest absolute Gasteiger partial charge is 0.448 e. The minimum atomic E-state index is -0.198. The third-order valence-corrected chi connectivity index (χ3v) is 6.25. The van der Waals surface area contributed by atoms with Crippen LogP contribution in [0.25, 0.3) is 11.1 Å². The molecule has 5 rings (SSSR count). The van der Waals surface area contributed by atoms with E-state index in [1.807, 2.05) is 4.90 Å². The SMILES string of the molecule is Cc1cccc([C@H]2CCCN2C(=O)OCC2c3ccccc3-c3ccccc32)c1. The van der Waals surface area contributed by atoms with Crippen LogP contribution in [0.15, 0.2) is 72.8 Å². The van der Waals surface area contributed by atoms with Crippen molar-refractivity contribution in [2.24, 2.45) is 0 Å². The Balaban J connectivity index is 1.34. The van der Waals surface area contributed by atoms with Gasteiger partial charge in [0.15, 0.2) is 0 Å². The van der Waals surface area contributed by atoms with Crippen LogP contribution in [-0.2, 0) is 4.74 Å². The van der Waals surface area contributed by atoms with Gasteiger partial charge in [0.05, 0.1) is 6.04 Å². The number of amides is 1. The van der Waals surface area contributed by atoms with Crippen LogP contribution in [0.4, 0.5) is 4.79 Å². The van der Waals surface area contributed by atoms with E-state index in [1.54, 1.807) is 0 Å². The Morgan fingerprint density at radius 1 is 0.966 bits per heavy atom. The number of benzene rings is 3. The zero-order valence-electron chi connectivity index (χ0n) is 16.7. The number of nitrogens with zero attached hydrogens (tertiary/aromatic N) is 1. The fourth-order valence-corrected chi connectivity index (χ4v) is 4.89. The number of hydrogen-bond donors (Lipinski definition) is 0. The molecule has 0 aromatic heterocycles. The van der Waals surface area contributed by atoms with Gasteiger partial charge < -0.3 is 9.64 Å². The molecule has 0 spiro atoms. The number of likely N-dealkylation sites (tertiary alicyclic amines) is 1. The van der Waals surface area contributed by atoms with E-state index in [0.29, 0.717) is 6.61 Å². The monoisotopic (exact) mass is 383 g/mol. The fourth-order valence-electron chi connectivity index (χ4n) is 4.89. The van der Waals surface area contributed by atoms with E-state index in [0.717, 1.165) is 19.4 Å². The third-order valence-electron chi connectivity index (χ3n) is 6.25. The van der Waals surface area contributed by atoms with Gasteiger partial charge in [-0.15, -0.1) is 0 Å². The molecule has 1 aliphatic carbocycles. The zero-order valence-corrected chi connectivity index (χ0v) is 16.7. The highest BCUT2D eigenvalue weighted by molar-refractivity contribution is 5.79. The molecule has 1 amide bonds. The Hall–Kier alpha value is -3.07. The molecule has 146 valence electrons. The Morgan fingerprint density at radius 2 is 1.66 bits per heavy atom.